The number of carbonyl (C=O) groups excluding carboxylic acids is 1. The van der Waals surface area contributed by atoms with Crippen molar-refractivity contribution in [2.24, 2.45) is 5.73 Å². The third kappa shape index (κ3) is 2.04. The van der Waals surface area contributed by atoms with Crippen molar-refractivity contribution in [2.75, 3.05) is 17.3 Å². The van der Waals surface area contributed by atoms with Crippen LogP contribution < -0.4 is 16.0 Å². The van der Waals surface area contributed by atoms with Crippen LogP contribution >= 0.6 is 0 Å². The molecule has 0 spiro atoms. The molecule has 20 heavy (non-hydrogen) atoms. The van der Waals surface area contributed by atoms with E-state index in [2.05, 4.69) is 5.32 Å². The molecule has 3 rings (SSSR count). The third-order valence-electron chi connectivity index (χ3n) is 3.63. The van der Waals surface area contributed by atoms with Gasteiger partial charge < -0.3 is 11.1 Å². The molecular formula is C16H17N3O. The lowest BCUT2D eigenvalue weighted by Gasteiger charge is -2.18. The van der Waals surface area contributed by atoms with E-state index in [0.29, 0.717) is 13.0 Å². The van der Waals surface area contributed by atoms with Crippen LogP contribution in [0.4, 0.5) is 17.1 Å². The Morgan fingerprint density at radius 2 is 1.95 bits per heavy atom. The van der Waals surface area contributed by atoms with Gasteiger partial charge in [-0.15, -0.1) is 0 Å². The summed E-state index contributed by atoms with van der Waals surface area (Å²) in [5.41, 5.74) is 10.6. The van der Waals surface area contributed by atoms with Gasteiger partial charge in [0.15, 0.2) is 0 Å². The molecule has 102 valence electrons. The van der Waals surface area contributed by atoms with Gasteiger partial charge in [0.05, 0.1) is 12.1 Å². The third-order valence-corrected chi connectivity index (χ3v) is 3.63. The Labute approximate surface area is 118 Å². The van der Waals surface area contributed by atoms with Crippen molar-refractivity contribution in [3.05, 3.63) is 53.6 Å². The summed E-state index contributed by atoms with van der Waals surface area (Å²) in [6.45, 7) is 0.510. The molecule has 0 unspecified atom stereocenters. The first-order valence-electron chi connectivity index (χ1n) is 6.65. The Bertz CT molecular complexity index is 649. The number of nitrogens with zero attached hydrogens (tertiary/aromatic N) is 1. The van der Waals surface area contributed by atoms with Crippen molar-refractivity contribution < 1.29 is 4.79 Å². The molecule has 1 aliphatic rings. The van der Waals surface area contributed by atoms with Crippen LogP contribution in [-0.2, 0) is 17.8 Å². The fraction of sp³-hybridized carbons (Fsp3) is 0.188. The number of anilines is 3. The maximum atomic E-state index is 12.3. The van der Waals surface area contributed by atoms with Crippen molar-refractivity contribution in [1.29, 1.82) is 0 Å². The first-order chi connectivity index (χ1) is 9.72. The number of carbonyl (C=O) groups is 1. The first kappa shape index (κ1) is 12.7. The van der Waals surface area contributed by atoms with Crippen LogP contribution in [-0.4, -0.2) is 13.0 Å². The number of nitrogens with one attached hydrogen (secondary N) is 1. The van der Waals surface area contributed by atoms with E-state index in [1.54, 1.807) is 4.90 Å². The maximum absolute atomic E-state index is 12.3. The van der Waals surface area contributed by atoms with Gasteiger partial charge in [-0.05, 0) is 41.5 Å². The number of amides is 1. The molecule has 0 radical (unpaired) electrons. The molecule has 3 N–H and O–H groups in total. The summed E-state index contributed by atoms with van der Waals surface area (Å²) < 4.78 is 0. The maximum Gasteiger partial charge on any atom is 0.236 e. The SMILES string of the molecule is CNc1ccc2c(c1)CC(=O)N2c1ccc(CN)cc1. The zero-order chi connectivity index (χ0) is 14.1. The minimum Gasteiger partial charge on any atom is -0.388 e. The van der Waals surface area contributed by atoms with Gasteiger partial charge in [0.1, 0.15) is 0 Å². The standard InChI is InChI=1S/C16H17N3O/c1-18-13-4-7-15-12(8-13)9-16(20)19(15)14-5-2-11(10-17)3-6-14/h2-8,18H,9-10,17H2,1H3. The second-order valence-electron chi connectivity index (χ2n) is 4.87. The molecule has 0 aromatic heterocycles. The molecule has 4 heteroatoms. The number of rotatable bonds is 3. The highest BCUT2D eigenvalue weighted by molar-refractivity contribution is 6.07. The van der Waals surface area contributed by atoms with E-state index in [4.69, 9.17) is 5.73 Å². The predicted octanol–water partition coefficient (Wildman–Crippen LogP) is 2.41. The van der Waals surface area contributed by atoms with Crippen LogP contribution in [0.15, 0.2) is 42.5 Å². The summed E-state index contributed by atoms with van der Waals surface area (Å²) in [7, 11) is 1.88. The average molecular weight is 267 g/mol. The van der Waals surface area contributed by atoms with Crippen LogP contribution in [0.3, 0.4) is 0 Å². The van der Waals surface area contributed by atoms with Crippen molar-refractivity contribution in [2.45, 2.75) is 13.0 Å². The Morgan fingerprint density at radius 1 is 1.20 bits per heavy atom. The van der Waals surface area contributed by atoms with Crippen LogP contribution in [0.1, 0.15) is 11.1 Å². The lowest BCUT2D eigenvalue weighted by molar-refractivity contribution is -0.116. The van der Waals surface area contributed by atoms with E-state index in [1.807, 2.05) is 49.5 Å². The fourth-order valence-electron chi connectivity index (χ4n) is 2.54. The summed E-state index contributed by atoms with van der Waals surface area (Å²) in [6.07, 6.45) is 0.448. The summed E-state index contributed by atoms with van der Waals surface area (Å²) in [5.74, 6) is 0.105. The first-order valence-corrected chi connectivity index (χ1v) is 6.65. The van der Waals surface area contributed by atoms with E-state index in [1.165, 1.54) is 0 Å². The zero-order valence-corrected chi connectivity index (χ0v) is 11.4. The summed E-state index contributed by atoms with van der Waals surface area (Å²) in [6, 6.07) is 13.8. The molecule has 0 aliphatic carbocycles. The molecule has 1 amide bonds. The second-order valence-corrected chi connectivity index (χ2v) is 4.87. The highest BCUT2D eigenvalue weighted by atomic mass is 16.2. The quantitative estimate of drug-likeness (QED) is 0.897. The molecule has 0 saturated heterocycles. The summed E-state index contributed by atoms with van der Waals surface area (Å²) in [5, 5.41) is 3.10. The number of hydrogen-bond donors (Lipinski definition) is 2. The Balaban J connectivity index is 2.00. The molecule has 1 heterocycles. The number of benzene rings is 2. The second kappa shape index (κ2) is 4.98. The minimum absolute atomic E-state index is 0.105. The predicted molar refractivity (Wildman–Crippen MR) is 81.2 cm³/mol. The van der Waals surface area contributed by atoms with E-state index in [0.717, 1.165) is 28.2 Å². The van der Waals surface area contributed by atoms with E-state index < -0.39 is 0 Å². The van der Waals surface area contributed by atoms with Crippen LogP contribution in [0.5, 0.6) is 0 Å². The van der Waals surface area contributed by atoms with Crippen molar-refractivity contribution in [3.63, 3.8) is 0 Å². The molecular weight excluding hydrogens is 250 g/mol. The highest BCUT2D eigenvalue weighted by Crippen LogP contribution is 2.36. The van der Waals surface area contributed by atoms with Gasteiger partial charge in [-0.1, -0.05) is 12.1 Å². The van der Waals surface area contributed by atoms with Gasteiger partial charge in [-0.2, -0.15) is 0 Å². The molecule has 4 nitrogen and oxygen atoms in total. The van der Waals surface area contributed by atoms with Crippen molar-refractivity contribution in [1.82, 2.24) is 0 Å². The number of hydrogen-bond acceptors (Lipinski definition) is 3. The summed E-state index contributed by atoms with van der Waals surface area (Å²) >= 11 is 0. The molecule has 1 aliphatic heterocycles. The zero-order valence-electron chi connectivity index (χ0n) is 11.4. The van der Waals surface area contributed by atoms with Crippen LogP contribution in [0.25, 0.3) is 0 Å². The van der Waals surface area contributed by atoms with Gasteiger partial charge in [0, 0.05) is 25.0 Å². The molecule has 2 aromatic carbocycles. The van der Waals surface area contributed by atoms with Crippen molar-refractivity contribution in [3.8, 4) is 0 Å². The number of fused-ring (bicyclic) bond motifs is 1. The van der Waals surface area contributed by atoms with E-state index in [-0.39, 0.29) is 5.91 Å². The normalized spacial score (nSPS) is 13.5. The van der Waals surface area contributed by atoms with Gasteiger partial charge in [-0.3, -0.25) is 9.69 Å². The Kier molecular flexibility index (Phi) is 3.16. The van der Waals surface area contributed by atoms with Gasteiger partial charge >= 0.3 is 0 Å². The highest BCUT2D eigenvalue weighted by Gasteiger charge is 2.28. The average Bonchev–Trinajstić information content (AvgIpc) is 2.82. The van der Waals surface area contributed by atoms with Gasteiger partial charge in [-0.25, -0.2) is 0 Å². The van der Waals surface area contributed by atoms with Gasteiger partial charge in [0.2, 0.25) is 5.91 Å². The monoisotopic (exact) mass is 267 g/mol. The molecule has 0 atom stereocenters. The summed E-state index contributed by atoms with van der Waals surface area (Å²) in [4.78, 5) is 14.0. The molecule has 2 aromatic rings. The Hall–Kier alpha value is -2.33. The van der Waals surface area contributed by atoms with Crippen molar-refractivity contribution >= 4 is 23.0 Å². The molecule has 0 saturated carbocycles. The lowest BCUT2D eigenvalue weighted by Crippen LogP contribution is -2.20. The molecule has 0 fully saturated rings. The largest absolute Gasteiger partial charge is 0.388 e. The van der Waals surface area contributed by atoms with E-state index >= 15 is 0 Å². The van der Waals surface area contributed by atoms with Crippen LogP contribution in [0, 0.1) is 0 Å². The smallest absolute Gasteiger partial charge is 0.236 e. The van der Waals surface area contributed by atoms with Gasteiger partial charge in [0.25, 0.3) is 0 Å². The minimum atomic E-state index is 0.105. The van der Waals surface area contributed by atoms with Crippen LogP contribution in [0.2, 0.25) is 0 Å². The molecule has 0 bridgehead atoms. The van der Waals surface area contributed by atoms with E-state index in [9.17, 15) is 4.79 Å². The number of nitrogens with two attached hydrogens (primary N) is 1. The Morgan fingerprint density at radius 3 is 2.60 bits per heavy atom. The fourth-order valence-corrected chi connectivity index (χ4v) is 2.54. The lowest BCUT2D eigenvalue weighted by atomic mass is 10.1. The topological polar surface area (TPSA) is 58.4 Å².